The highest BCUT2D eigenvalue weighted by Crippen LogP contribution is 2.26. The van der Waals surface area contributed by atoms with Crippen molar-refractivity contribution in [2.24, 2.45) is 5.92 Å². The maximum Gasteiger partial charge on any atom is 0.257 e. The molecule has 0 bridgehead atoms. The van der Waals surface area contributed by atoms with Gasteiger partial charge in [-0.15, -0.1) is 0 Å². The standard InChI is InChI=1S/C14H20FNO4/c1-9(2)5-16-13(19)8-20-14-10(6-17)3-12(15)4-11(14)7-18/h3-4,9,17-18H,5-8H2,1-2H3,(H,16,19). The van der Waals surface area contributed by atoms with Crippen LogP contribution in [0.3, 0.4) is 0 Å². The summed E-state index contributed by atoms with van der Waals surface area (Å²) in [6.45, 7) is 3.34. The molecule has 0 saturated heterocycles. The number of carbonyl (C=O) groups excluding carboxylic acids is 1. The van der Waals surface area contributed by atoms with Gasteiger partial charge in [0.2, 0.25) is 0 Å². The summed E-state index contributed by atoms with van der Waals surface area (Å²) in [5.74, 6) is -0.410. The first kappa shape index (κ1) is 16.4. The topological polar surface area (TPSA) is 78.8 Å². The number of carbonyl (C=O) groups is 1. The molecule has 3 N–H and O–H groups in total. The molecule has 0 saturated carbocycles. The molecule has 112 valence electrons. The molecule has 0 aromatic heterocycles. The van der Waals surface area contributed by atoms with Gasteiger partial charge in [-0.05, 0) is 18.1 Å². The van der Waals surface area contributed by atoms with Crippen molar-refractivity contribution in [3.63, 3.8) is 0 Å². The van der Waals surface area contributed by atoms with Crippen LogP contribution in [0, 0.1) is 11.7 Å². The number of aliphatic hydroxyl groups is 2. The largest absolute Gasteiger partial charge is 0.483 e. The zero-order valence-corrected chi connectivity index (χ0v) is 11.6. The highest BCUT2D eigenvalue weighted by atomic mass is 19.1. The van der Waals surface area contributed by atoms with Crippen LogP contribution in [0.2, 0.25) is 0 Å². The van der Waals surface area contributed by atoms with Crippen LogP contribution in [0.1, 0.15) is 25.0 Å². The minimum atomic E-state index is -0.574. The molecule has 1 amide bonds. The van der Waals surface area contributed by atoms with Gasteiger partial charge < -0.3 is 20.3 Å². The fraction of sp³-hybridized carbons (Fsp3) is 0.500. The van der Waals surface area contributed by atoms with Crippen LogP contribution in [0.5, 0.6) is 5.75 Å². The lowest BCUT2D eigenvalue weighted by Crippen LogP contribution is -2.32. The summed E-state index contributed by atoms with van der Waals surface area (Å²) in [5.41, 5.74) is 0.399. The summed E-state index contributed by atoms with van der Waals surface area (Å²) in [7, 11) is 0. The van der Waals surface area contributed by atoms with E-state index in [4.69, 9.17) is 4.74 Å². The molecule has 1 aromatic rings. The van der Waals surface area contributed by atoms with Gasteiger partial charge in [0.15, 0.2) is 6.61 Å². The number of hydrogen-bond donors (Lipinski definition) is 3. The van der Waals surface area contributed by atoms with E-state index in [1.807, 2.05) is 13.8 Å². The molecule has 5 nitrogen and oxygen atoms in total. The molecule has 1 aromatic carbocycles. The van der Waals surface area contributed by atoms with Crippen molar-refractivity contribution in [2.45, 2.75) is 27.1 Å². The van der Waals surface area contributed by atoms with Crippen molar-refractivity contribution in [3.8, 4) is 5.75 Å². The van der Waals surface area contributed by atoms with Crippen LogP contribution < -0.4 is 10.1 Å². The van der Waals surface area contributed by atoms with E-state index in [9.17, 15) is 19.4 Å². The van der Waals surface area contributed by atoms with Crippen molar-refractivity contribution in [1.29, 1.82) is 0 Å². The molecule has 0 radical (unpaired) electrons. The molecule has 0 fully saturated rings. The van der Waals surface area contributed by atoms with E-state index < -0.39 is 19.0 Å². The third-order valence-corrected chi connectivity index (χ3v) is 2.60. The Morgan fingerprint density at radius 1 is 1.30 bits per heavy atom. The van der Waals surface area contributed by atoms with E-state index in [2.05, 4.69) is 5.32 Å². The average molecular weight is 285 g/mol. The molecule has 20 heavy (non-hydrogen) atoms. The lowest BCUT2D eigenvalue weighted by molar-refractivity contribution is -0.123. The molecule has 0 atom stereocenters. The first-order valence-corrected chi connectivity index (χ1v) is 6.40. The Morgan fingerprint density at radius 2 is 1.85 bits per heavy atom. The number of benzene rings is 1. The molecule has 0 unspecified atom stereocenters. The fourth-order valence-corrected chi connectivity index (χ4v) is 1.64. The third kappa shape index (κ3) is 4.79. The average Bonchev–Trinajstić information content (AvgIpc) is 2.42. The van der Waals surface area contributed by atoms with Crippen LogP contribution >= 0.6 is 0 Å². The maximum atomic E-state index is 13.2. The summed E-state index contributed by atoms with van der Waals surface area (Å²) in [5, 5.41) is 21.0. The van der Waals surface area contributed by atoms with Gasteiger partial charge in [-0.25, -0.2) is 4.39 Å². The second-order valence-electron chi connectivity index (χ2n) is 4.86. The SMILES string of the molecule is CC(C)CNC(=O)COc1c(CO)cc(F)cc1CO. The van der Waals surface area contributed by atoms with Gasteiger partial charge in [-0.2, -0.15) is 0 Å². The number of amides is 1. The van der Waals surface area contributed by atoms with Crippen molar-refractivity contribution in [2.75, 3.05) is 13.2 Å². The van der Waals surface area contributed by atoms with Crippen LogP contribution in [-0.2, 0) is 18.0 Å². The molecule has 0 heterocycles. The normalized spacial score (nSPS) is 10.7. The molecular weight excluding hydrogens is 265 g/mol. The van der Waals surface area contributed by atoms with Crippen LogP contribution in [0.15, 0.2) is 12.1 Å². The van der Waals surface area contributed by atoms with Gasteiger partial charge in [0.05, 0.1) is 13.2 Å². The lowest BCUT2D eigenvalue weighted by Gasteiger charge is -2.14. The Kier molecular flexibility index (Phi) is 6.41. The zero-order valence-electron chi connectivity index (χ0n) is 11.6. The van der Waals surface area contributed by atoms with Crippen LogP contribution in [0.4, 0.5) is 4.39 Å². The summed E-state index contributed by atoms with van der Waals surface area (Å²) in [4.78, 5) is 11.6. The quantitative estimate of drug-likeness (QED) is 0.697. The summed E-state index contributed by atoms with van der Waals surface area (Å²) in [6, 6.07) is 2.22. The van der Waals surface area contributed by atoms with Crippen LogP contribution in [0.25, 0.3) is 0 Å². The number of ether oxygens (including phenoxy) is 1. The Morgan fingerprint density at radius 3 is 2.30 bits per heavy atom. The molecular formula is C14H20FNO4. The van der Waals surface area contributed by atoms with Crippen molar-refractivity contribution < 1.29 is 24.1 Å². The zero-order chi connectivity index (χ0) is 15.1. The maximum absolute atomic E-state index is 13.2. The van der Waals surface area contributed by atoms with Gasteiger partial charge in [0, 0.05) is 17.7 Å². The van der Waals surface area contributed by atoms with Gasteiger partial charge in [-0.1, -0.05) is 13.8 Å². The molecule has 0 aliphatic heterocycles. The van der Waals surface area contributed by atoms with Crippen molar-refractivity contribution in [3.05, 3.63) is 29.1 Å². The Balaban J connectivity index is 2.74. The number of nitrogens with one attached hydrogen (secondary N) is 1. The summed E-state index contributed by atoms with van der Waals surface area (Å²) < 4.78 is 18.5. The monoisotopic (exact) mass is 285 g/mol. The summed E-state index contributed by atoms with van der Waals surface area (Å²) >= 11 is 0. The van der Waals surface area contributed by atoms with Gasteiger partial charge in [0.1, 0.15) is 11.6 Å². The summed E-state index contributed by atoms with van der Waals surface area (Å²) in [6.07, 6.45) is 0. The second kappa shape index (κ2) is 7.81. The smallest absolute Gasteiger partial charge is 0.257 e. The Labute approximate surface area is 117 Å². The predicted octanol–water partition coefficient (Wildman–Crippen LogP) is 0.961. The van der Waals surface area contributed by atoms with E-state index in [0.717, 1.165) is 12.1 Å². The first-order valence-electron chi connectivity index (χ1n) is 6.40. The van der Waals surface area contributed by atoms with Gasteiger partial charge in [-0.3, -0.25) is 4.79 Å². The van der Waals surface area contributed by atoms with E-state index in [1.54, 1.807) is 0 Å². The highest BCUT2D eigenvalue weighted by molar-refractivity contribution is 5.77. The minimum Gasteiger partial charge on any atom is -0.483 e. The molecule has 1 rings (SSSR count). The van der Waals surface area contributed by atoms with Crippen LogP contribution in [-0.4, -0.2) is 29.3 Å². The third-order valence-electron chi connectivity index (χ3n) is 2.60. The van der Waals surface area contributed by atoms with E-state index >= 15 is 0 Å². The van der Waals surface area contributed by atoms with Crippen molar-refractivity contribution in [1.82, 2.24) is 5.32 Å². The first-order chi connectivity index (χ1) is 9.47. The van der Waals surface area contributed by atoms with Gasteiger partial charge >= 0.3 is 0 Å². The number of hydrogen-bond acceptors (Lipinski definition) is 4. The Bertz CT molecular complexity index is 437. The van der Waals surface area contributed by atoms with E-state index in [1.165, 1.54) is 0 Å². The Hall–Kier alpha value is -1.66. The number of aliphatic hydroxyl groups excluding tert-OH is 2. The van der Waals surface area contributed by atoms with E-state index in [-0.39, 0.29) is 29.4 Å². The minimum absolute atomic E-state index is 0.149. The highest BCUT2D eigenvalue weighted by Gasteiger charge is 2.13. The predicted molar refractivity (Wildman–Crippen MR) is 71.6 cm³/mol. The molecule has 0 aliphatic rings. The lowest BCUT2D eigenvalue weighted by atomic mass is 10.1. The van der Waals surface area contributed by atoms with Gasteiger partial charge in [0.25, 0.3) is 5.91 Å². The number of rotatable bonds is 7. The fourth-order valence-electron chi connectivity index (χ4n) is 1.64. The molecule has 0 spiro atoms. The number of halogens is 1. The van der Waals surface area contributed by atoms with E-state index in [0.29, 0.717) is 12.5 Å². The second-order valence-corrected chi connectivity index (χ2v) is 4.86. The molecule has 0 aliphatic carbocycles. The molecule has 6 heteroatoms. The van der Waals surface area contributed by atoms with Crippen molar-refractivity contribution >= 4 is 5.91 Å².